The van der Waals surface area contributed by atoms with Crippen LogP contribution in [0.3, 0.4) is 0 Å². The van der Waals surface area contributed by atoms with E-state index in [2.05, 4.69) is 35.0 Å². The summed E-state index contributed by atoms with van der Waals surface area (Å²) in [5.41, 5.74) is 3.59. The van der Waals surface area contributed by atoms with Crippen LogP contribution in [0.25, 0.3) is 16.5 Å². The minimum Gasteiger partial charge on any atom is -0.351 e. The van der Waals surface area contributed by atoms with Crippen LogP contribution in [0, 0.1) is 0 Å². The first kappa shape index (κ1) is 12.2. The van der Waals surface area contributed by atoms with Crippen molar-refractivity contribution in [3.63, 3.8) is 0 Å². The van der Waals surface area contributed by atoms with Crippen molar-refractivity contribution in [1.82, 2.24) is 4.57 Å². The summed E-state index contributed by atoms with van der Waals surface area (Å²) >= 11 is 0. The Bertz CT molecular complexity index is 829. The molecule has 3 heterocycles. The number of aryl methyl sites for hydroxylation is 1. The van der Waals surface area contributed by atoms with Crippen LogP contribution in [-0.4, -0.2) is 23.5 Å². The van der Waals surface area contributed by atoms with Crippen molar-refractivity contribution in [1.29, 1.82) is 0 Å². The van der Waals surface area contributed by atoms with Gasteiger partial charge in [-0.25, -0.2) is 8.42 Å². The van der Waals surface area contributed by atoms with Crippen molar-refractivity contribution >= 4 is 26.3 Å². The fourth-order valence-electron chi connectivity index (χ4n) is 3.56. The third-order valence-electron chi connectivity index (χ3n) is 4.75. The molecule has 4 rings (SSSR count). The van der Waals surface area contributed by atoms with Gasteiger partial charge in [-0.05, 0) is 48.6 Å². The van der Waals surface area contributed by atoms with E-state index in [0.29, 0.717) is 6.42 Å². The van der Waals surface area contributed by atoms with Crippen molar-refractivity contribution in [2.24, 2.45) is 7.05 Å². The lowest BCUT2D eigenvalue weighted by molar-refractivity contribution is 0.585. The number of allylic oxidation sites excluding steroid dienone is 1. The van der Waals surface area contributed by atoms with Crippen LogP contribution >= 0.6 is 0 Å². The van der Waals surface area contributed by atoms with E-state index in [1.165, 1.54) is 22.0 Å². The molecule has 0 N–H and O–H groups in total. The Morgan fingerprint density at radius 2 is 2.05 bits per heavy atom. The van der Waals surface area contributed by atoms with Gasteiger partial charge in [0.15, 0.2) is 9.84 Å². The lowest BCUT2D eigenvalue weighted by Gasteiger charge is -2.20. The van der Waals surface area contributed by atoms with E-state index in [1.54, 1.807) is 0 Å². The molecule has 2 atom stereocenters. The molecule has 0 saturated carbocycles. The molecule has 4 heteroatoms. The van der Waals surface area contributed by atoms with Gasteiger partial charge in [0, 0.05) is 24.1 Å². The SMILES string of the molecule is Cn1ccc2cc(C3=CC4CCC(C3)S4(=O)=O)ccc21. The second-order valence-electron chi connectivity index (χ2n) is 5.92. The molecule has 1 saturated heterocycles. The standard InChI is InChI=1S/C16H17NO2S/c1-17-7-6-12-8-11(2-5-16(12)17)13-9-14-3-4-15(10-13)20(14,18)19/h2,5-9,14-15H,3-4,10H2,1H3. The average Bonchev–Trinajstić information content (AvgIpc) is 2.82. The third-order valence-corrected chi connectivity index (χ3v) is 7.30. The molecular weight excluding hydrogens is 270 g/mol. The van der Waals surface area contributed by atoms with Gasteiger partial charge in [0.1, 0.15) is 0 Å². The molecule has 3 nitrogen and oxygen atoms in total. The van der Waals surface area contributed by atoms with Crippen molar-refractivity contribution in [3.05, 3.63) is 42.1 Å². The largest absolute Gasteiger partial charge is 0.351 e. The van der Waals surface area contributed by atoms with Gasteiger partial charge in [-0.3, -0.25) is 0 Å². The fraction of sp³-hybridized carbons (Fsp3) is 0.375. The maximum absolute atomic E-state index is 12.1. The van der Waals surface area contributed by atoms with E-state index >= 15 is 0 Å². The van der Waals surface area contributed by atoms with Crippen LogP contribution in [0.5, 0.6) is 0 Å². The highest BCUT2D eigenvalue weighted by atomic mass is 32.2. The predicted octanol–water partition coefficient (Wildman–Crippen LogP) is 2.91. The first-order valence-corrected chi connectivity index (χ1v) is 8.65. The maximum atomic E-state index is 12.1. The van der Waals surface area contributed by atoms with E-state index in [0.717, 1.165) is 12.8 Å². The quantitative estimate of drug-likeness (QED) is 0.809. The van der Waals surface area contributed by atoms with E-state index in [1.807, 2.05) is 13.1 Å². The monoisotopic (exact) mass is 287 g/mol. The van der Waals surface area contributed by atoms with Crippen molar-refractivity contribution in [3.8, 4) is 0 Å². The smallest absolute Gasteiger partial charge is 0.159 e. The van der Waals surface area contributed by atoms with Crippen molar-refractivity contribution in [2.75, 3.05) is 0 Å². The van der Waals surface area contributed by atoms with E-state index in [-0.39, 0.29) is 10.5 Å². The number of hydrogen-bond acceptors (Lipinski definition) is 2. The predicted molar refractivity (Wildman–Crippen MR) is 81.2 cm³/mol. The molecule has 0 radical (unpaired) electrons. The van der Waals surface area contributed by atoms with Crippen molar-refractivity contribution < 1.29 is 8.42 Å². The molecule has 2 aliphatic rings. The van der Waals surface area contributed by atoms with Crippen LogP contribution in [0.4, 0.5) is 0 Å². The average molecular weight is 287 g/mol. The molecule has 0 aliphatic carbocycles. The van der Waals surface area contributed by atoms with Gasteiger partial charge in [-0.2, -0.15) is 0 Å². The van der Waals surface area contributed by atoms with Gasteiger partial charge in [-0.15, -0.1) is 0 Å². The van der Waals surface area contributed by atoms with Gasteiger partial charge >= 0.3 is 0 Å². The molecule has 20 heavy (non-hydrogen) atoms. The normalized spacial score (nSPS) is 27.8. The molecule has 0 spiro atoms. The zero-order valence-corrected chi connectivity index (χ0v) is 12.2. The highest BCUT2D eigenvalue weighted by Gasteiger charge is 2.43. The third kappa shape index (κ3) is 1.61. The number of sulfone groups is 1. The molecule has 2 unspecified atom stereocenters. The Morgan fingerprint density at radius 1 is 1.20 bits per heavy atom. The van der Waals surface area contributed by atoms with Gasteiger partial charge in [-0.1, -0.05) is 12.1 Å². The number of hydrogen-bond donors (Lipinski definition) is 0. The molecule has 1 aromatic carbocycles. The summed E-state index contributed by atoms with van der Waals surface area (Å²) in [6.07, 6.45) is 6.34. The summed E-state index contributed by atoms with van der Waals surface area (Å²) in [6.45, 7) is 0. The Morgan fingerprint density at radius 3 is 2.85 bits per heavy atom. The minimum absolute atomic E-state index is 0.154. The molecule has 2 bridgehead atoms. The first-order chi connectivity index (χ1) is 9.55. The number of benzene rings is 1. The summed E-state index contributed by atoms with van der Waals surface area (Å²) in [6, 6.07) is 8.52. The van der Waals surface area contributed by atoms with E-state index in [9.17, 15) is 8.42 Å². The second kappa shape index (κ2) is 3.98. The Kier molecular flexibility index (Phi) is 2.43. The summed E-state index contributed by atoms with van der Waals surface area (Å²) in [7, 11) is -0.852. The number of nitrogens with zero attached hydrogens (tertiary/aromatic N) is 1. The molecule has 2 aliphatic heterocycles. The Balaban J connectivity index is 1.81. The van der Waals surface area contributed by atoms with Gasteiger partial charge < -0.3 is 4.57 Å². The summed E-state index contributed by atoms with van der Waals surface area (Å²) in [5.74, 6) is 0. The van der Waals surface area contributed by atoms with Gasteiger partial charge in [0.2, 0.25) is 0 Å². The lowest BCUT2D eigenvalue weighted by atomic mass is 9.99. The Labute approximate surface area is 118 Å². The molecule has 1 aromatic heterocycles. The highest BCUT2D eigenvalue weighted by Crippen LogP contribution is 2.41. The first-order valence-electron chi connectivity index (χ1n) is 7.04. The summed E-state index contributed by atoms with van der Waals surface area (Å²) in [5, 5.41) is 0.813. The summed E-state index contributed by atoms with van der Waals surface area (Å²) < 4.78 is 26.3. The van der Waals surface area contributed by atoms with Gasteiger partial charge in [0.05, 0.1) is 10.5 Å². The molecule has 1 fully saturated rings. The second-order valence-corrected chi connectivity index (χ2v) is 8.37. The molecule has 104 valence electrons. The zero-order chi connectivity index (χ0) is 13.9. The summed E-state index contributed by atoms with van der Waals surface area (Å²) in [4.78, 5) is 0. The van der Waals surface area contributed by atoms with Crippen molar-refractivity contribution in [2.45, 2.75) is 29.8 Å². The van der Waals surface area contributed by atoms with E-state index in [4.69, 9.17) is 0 Å². The van der Waals surface area contributed by atoms with Crippen LogP contribution in [0.1, 0.15) is 24.8 Å². The topological polar surface area (TPSA) is 39.1 Å². The molecule has 0 amide bonds. The van der Waals surface area contributed by atoms with Crippen LogP contribution in [0.15, 0.2) is 36.5 Å². The molecular formula is C16H17NO2S. The van der Waals surface area contributed by atoms with Crippen LogP contribution in [0.2, 0.25) is 0 Å². The minimum atomic E-state index is -2.89. The van der Waals surface area contributed by atoms with Crippen LogP contribution < -0.4 is 0 Å². The van der Waals surface area contributed by atoms with Crippen LogP contribution in [-0.2, 0) is 16.9 Å². The molecule has 2 aromatic rings. The zero-order valence-electron chi connectivity index (χ0n) is 11.4. The lowest BCUT2D eigenvalue weighted by Crippen LogP contribution is -2.26. The fourth-order valence-corrected chi connectivity index (χ4v) is 5.74. The number of rotatable bonds is 1. The van der Waals surface area contributed by atoms with E-state index < -0.39 is 9.84 Å². The van der Waals surface area contributed by atoms with Gasteiger partial charge in [0.25, 0.3) is 0 Å². The maximum Gasteiger partial charge on any atom is 0.159 e. The Hall–Kier alpha value is -1.55. The number of fused-ring (bicyclic) bond motifs is 3. The highest BCUT2D eigenvalue weighted by molar-refractivity contribution is 7.93. The number of aromatic nitrogens is 1.